The molecular weight excluding hydrogens is 248 g/mol. The van der Waals surface area contributed by atoms with Crippen LogP contribution in [0, 0.1) is 0 Å². The molecule has 0 aliphatic heterocycles. The molecule has 0 fully saturated rings. The van der Waals surface area contributed by atoms with Crippen molar-refractivity contribution in [1.29, 1.82) is 0 Å². The summed E-state index contributed by atoms with van der Waals surface area (Å²) in [6.45, 7) is 3.01. The van der Waals surface area contributed by atoms with Crippen molar-refractivity contribution in [2.75, 3.05) is 17.2 Å². The van der Waals surface area contributed by atoms with Gasteiger partial charge < -0.3 is 10.6 Å². The van der Waals surface area contributed by atoms with Crippen LogP contribution in [-0.4, -0.2) is 16.5 Å². The summed E-state index contributed by atoms with van der Waals surface area (Å²) in [6.07, 6.45) is 2.60. The first kappa shape index (κ1) is 12.6. The summed E-state index contributed by atoms with van der Waals surface area (Å²) in [4.78, 5) is 8.32. The van der Waals surface area contributed by atoms with Gasteiger partial charge in [0.05, 0.1) is 0 Å². The predicted molar refractivity (Wildman–Crippen MR) is 75.5 cm³/mol. The van der Waals surface area contributed by atoms with Gasteiger partial charge >= 0.3 is 0 Å². The summed E-state index contributed by atoms with van der Waals surface area (Å²) in [6, 6.07) is 9.36. The largest absolute Gasteiger partial charge is 0.370 e. The highest BCUT2D eigenvalue weighted by Crippen LogP contribution is 2.18. The van der Waals surface area contributed by atoms with Crippen molar-refractivity contribution in [2.45, 2.75) is 13.3 Å². The fourth-order valence-electron chi connectivity index (χ4n) is 1.46. The fourth-order valence-corrected chi connectivity index (χ4v) is 1.58. The van der Waals surface area contributed by atoms with Crippen molar-refractivity contribution >= 4 is 28.9 Å². The number of hydrogen-bond donors (Lipinski definition) is 2. The summed E-state index contributed by atoms with van der Waals surface area (Å²) in [7, 11) is 0. The lowest BCUT2D eigenvalue weighted by atomic mass is 10.3. The number of nitrogens with zero attached hydrogens (tertiary/aromatic N) is 2. The summed E-state index contributed by atoms with van der Waals surface area (Å²) in [5.74, 6) is 1.58. The van der Waals surface area contributed by atoms with Crippen LogP contribution in [0.4, 0.5) is 17.3 Å². The van der Waals surface area contributed by atoms with Crippen molar-refractivity contribution in [2.24, 2.45) is 0 Å². The van der Waals surface area contributed by atoms with Gasteiger partial charge in [-0.2, -0.15) is 0 Å². The van der Waals surface area contributed by atoms with Crippen molar-refractivity contribution in [1.82, 2.24) is 9.97 Å². The van der Waals surface area contributed by atoms with Crippen molar-refractivity contribution in [3.05, 3.63) is 41.7 Å². The summed E-state index contributed by atoms with van der Waals surface area (Å²) >= 11 is 5.83. The fraction of sp³-hybridized carbons (Fsp3) is 0.231. The summed E-state index contributed by atoms with van der Waals surface area (Å²) in [5.41, 5.74) is 0.944. The number of nitrogens with one attached hydrogen (secondary N) is 2. The molecule has 0 aliphatic rings. The molecule has 0 spiro atoms. The van der Waals surface area contributed by atoms with Crippen LogP contribution in [0.15, 0.2) is 36.7 Å². The third kappa shape index (κ3) is 3.60. The highest BCUT2D eigenvalue weighted by atomic mass is 35.5. The third-order valence-electron chi connectivity index (χ3n) is 2.34. The maximum atomic E-state index is 5.83. The van der Waals surface area contributed by atoms with E-state index in [0.29, 0.717) is 5.02 Å². The van der Waals surface area contributed by atoms with Gasteiger partial charge in [-0.15, -0.1) is 0 Å². The quantitative estimate of drug-likeness (QED) is 0.863. The minimum Gasteiger partial charge on any atom is -0.370 e. The van der Waals surface area contributed by atoms with Gasteiger partial charge in [-0.1, -0.05) is 18.5 Å². The van der Waals surface area contributed by atoms with Crippen LogP contribution in [0.5, 0.6) is 0 Å². The van der Waals surface area contributed by atoms with E-state index in [0.717, 1.165) is 30.3 Å². The Kier molecular flexibility index (Phi) is 4.36. The van der Waals surface area contributed by atoms with Crippen LogP contribution >= 0.6 is 11.6 Å². The first-order valence-electron chi connectivity index (χ1n) is 5.86. The Hall–Kier alpha value is -1.81. The smallest absolute Gasteiger partial charge is 0.135 e. The molecule has 0 radical (unpaired) electrons. The Labute approximate surface area is 111 Å². The molecule has 5 heteroatoms. The SMILES string of the molecule is CCCNc1cc(Nc2ccc(Cl)cc2)ncn1. The van der Waals surface area contributed by atoms with Crippen LogP contribution < -0.4 is 10.6 Å². The molecule has 1 aromatic carbocycles. The zero-order valence-electron chi connectivity index (χ0n) is 10.2. The molecule has 94 valence electrons. The molecule has 1 heterocycles. The molecular formula is C13H15ClN4. The first-order chi connectivity index (χ1) is 8.78. The normalized spacial score (nSPS) is 10.1. The molecule has 0 atom stereocenters. The Morgan fingerprint density at radius 2 is 1.83 bits per heavy atom. The van der Waals surface area contributed by atoms with E-state index in [1.54, 1.807) is 0 Å². The van der Waals surface area contributed by atoms with Gasteiger partial charge in [0.2, 0.25) is 0 Å². The van der Waals surface area contributed by atoms with E-state index in [-0.39, 0.29) is 0 Å². The lowest BCUT2D eigenvalue weighted by Crippen LogP contribution is -2.03. The van der Waals surface area contributed by atoms with Gasteiger partial charge in [0.25, 0.3) is 0 Å². The highest BCUT2D eigenvalue weighted by Gasteiger charge is 1.99. The molecule has 0 amide bonds. The maximum Gasteiger partial charge on any atom is 0.135 e. The van der Waals surface area contributed by atoms with E-state index < -0.39 is 0 Å². The van der Waals surface area contributed by atoms with Gasteiger partial charge in [0.15, 0.2) is 0 Å². The van der Waals surface area contributed by atoms with E-state index >= 15 is 0 Å². The number of aromatic nitrogens is 2. The highest BCUT2D eigenvalue weighted by molar-refractivity contribution is 6.30. The van der Waals surface area contributed by atoms with Gasteiger partial charge in [-0.25, -0.2) is 9.97 Å². The van der Waals surface area contributed by atoms with E-state index in [2.05, 4.69) is 27.5 Å². The van der Waals surface area contributed by atoms with Crippen LogP contribution in [0.1, 0.15) is 13.3 Å². The van der Waals surface area contributed by atoms with E-state index in [9.17, 15) is 0 Å². The molecule has 0 unspecified atom stereocenters. The molecule has 0 saturated heterocycles. The molecule has 0 saturated carbocycles. The molecule has 18 heavy (non-hydrogen) atoms. The topological polar surface area (TPSA) is 49.8 Å². The molecule has 2 aromatic rings. The average Bonchev–Trinajstić information content (AvgIpc) is 2.40. The molecule has 0 aliphatic carbocycles. The lowest BCUT2D eigenvalue weighted by Gasteiger charge is -2.08. The zero-order chi connectivity index (χ0) is 12.8. The molecule has 2 N–H and O–H groups in total. The second-order valence-corrected chi connectivity index (χ2v) is 4.28. The third-order valence-corrected chi connectivity index (χ3v) is 2.59. The second kappa shape index (κ2) is 6.21. The monoisotopic (exact) mass is 262 g/mol. The number of halogens is 1. The summed E-state index contributed by atoms with van der Waals surface area (Å²) < 4.78 is 0. The molecule has 1 aromatic heterocycles. The Bertz CT molecular complexity index is 499. The minimum absolute atomic E-state index is 0.716. The van der Waals surface area contributed by atoms with Gasteiger partial charge in [-0.3, -0.25) is 0 Å². The first-order valence-corrected chi connectivity index (χ1v) is 6.24. The minimum atomic E-state index is 0.716. The maximum absolute atomic E-state index is 5.83. The zero-order valence-corrected chi connectivity index (χ0v) is 10.9. The lowest BCUT2D eigenvalue weighted by molar-refractivity contribution is 0.965. The number of hydrogen-bond acceptors (Lipinski definition) is 4. The number of anilines is 3. The van der Waals surface area contributed by atoms with Crippen molar-refractivity contribution < 1.29 is 0 Å². The number of rotatable bonds is 5. The van der Waals surface area contributed by atoms with Crippen LogP contribution in [0.3, 0.4) is 0 Å². The van der Waals surface area contributed by atoms with Crippen LogP contribution in [0.2, 0.25) is 5.02 Å². The predicted octanol–water partition coefficient (Wildman–Crippen LogP) is 3.70. The average molecular weight is 263 g/mol. The van der Waals surface area contributed by atoms with Crippen LogP contribution in [0.25, 0.3) is 0 Å². The van der Waals surface area contributed by atoms with Crippen LogP contribution in [-0.2, 0) is 0 Å². The van der Waals surface area contributed by atoms with Gasteiger partial charge in [-0.05, 0) is 30.7 Å². The van der Waals surface area contributed by atoms with E-state index in [4.69, 9.17) is 11.6 Å². The molecule has 0 bridgehead atoms. The van der Waals surface area contributed by atoms with Gasteiger partial charge in [0, 0.05) is 23.3 Å². The van der Waals surface area contributed by atoms with Crippen molar-refractivity contribution in [3.63, 3.8) is 0 Å². The van der Waals surface area contributed by atoms with E-state index in [1.165, 1.54) is 6.33 Å². The van der Waals surface area contributed by atoms with Crippen molar-refractivity contribution in [3.8, 4) is 0 Å². The Morgan fingerprint density at radius 3 is 2.56 bits per heavy atom. The molecule has 2 rings (SSSR count). The Morgan fingerprint density at radius 1 is 1.11 bits per heavy atom. The standard InChI is InChI=1S/C13H15ClN4/c1-2-7-15-12-8-13(17-9-16-12)18-11-5-3-10(14)4-6-11/h3-6,8-9H,2,7H2,1H3,(H2,15,16,17,18). The summed E-state index contributed by atoms with van der Waals surface area (Å²) in [5, 5.41) is 7.13. The Balaban J connectivity index is 2.06. The number of benzene rings is 1. The second-order valence-electron chi connectivity index (χ2n) is 3.85. The molecule has 4 nitrogen and oxygen atoms in total. The van der Waals surface area contributed by atoms with Gasteiger partial charge in [0.1, 0.15) is 18.0 Å². The van der Waals surface area contributed by atoms with E-state index in [1.807, 2.05) is 30.3 Å².